The molecule has 15 heavy (non-hydrogen) atoms. The highest BCUT2D eigenvalue weighted by Gasteiger charge is 2.04. The van der Waals surface area contributed by atoms with Gasteiger partial charge in [0.05, 0.1) is 19.8 Å². The number of nitrogens with one attached hydrogen (secondary N) is 1. The summed E-state index contributed by atoms with van der Waals surface area (Å²) in [5.41, 5.74) is 5.28. The fourth-order valence-corrected chi connectivity index (χ4v) is 1.05. The van der Waals surface area contributed by atoms with E-state index < -0.39 is 0 Å². The van der Waals surface area contributed by atoms with E-state index in [1.165, 1.54) is 0 Å². The summed E-state index contributed by atoms with van der Waals surface area (Å²) in [6.07, 6.45) is 0.967. The van der Waals surface area contributed by atoms with Crippen LogP contribution in [0.15, 0.2) is 0 Å². The maximum atomic E-state index is 11.3. The summed E-state index contributed by atoms with van der Waals surface area (Å²) in [4.78, 5) is 13.2. The molecule has 0 aromatic rings. The SMILES string of the molecule is CCCNC(=O)CN(C)CCOCCN. The zero-order chi connectivity index (χ0) is 11.5. The zero-order valence-corrected chi connectivity index (χ0v) is 9.79. The van der Waals surface area contributed by atoms with Crippen LogP contribution in [0.2, 0.25) is 0 Å². The normalized spacial score (nSPS) is 10.7. The first-order valence-electron chi connectivity index (χ1n) is 5.43. The van der Waals surface area contributed by atoms with Gasteiger partial charge in [0.15, 0.2) is 0 Å². The predicted octanol–water partition coefficient (Wildman–Crippen LogP) is -0.580. The fourth-order valence-electron chi connectivity index (χ4n) is 1.05. The van der Waals surface area contributed by atoms with Gasteiger partial charge < -0.3 is 15.8 Å². The van der Waals surface area contributed by atoms with Crippen molar-refractivity contribution >= 4 is 5.91 Å². The maximum absolute atomic E-state index is 11.3. The second kappa shape index (κ2) is 9.89. The summed E-state index contributed by atoms with van der Waals surface area (Å²) < 4.78 is 5.22. The van der Waals surface area contributed by atoms with Crippen molar-refractivity contribution in [2.24, 2.45) is 5.73 Å². The van der Waals surface area contributed by atoms with Crippen molar-refractivity contribution in [1.82, 2.24) is 10.2 Å². The molecule has 0 saturated carbocycles. The number of nitrogens with zero attached hydrogens (tertiary/aromatic N) is 1. The molecule has 90 valence electrons. The van der Waals surface area contributed by atoms with Gasteiger partial charge in [-0.3, -0.25) is 9.69 Å². The largest absolute Gasteiger partial charge is 0.379 e. The highest BCUT2D eigenvalue weighted by molar-refractivity contribution is 5.77. The van der Waals surface area contributed by atoms with E-state index >= 15 is 0 Å². The van der Waals surface area contributed by atoms with Crippen LogP contribution in [0.25, 0.3) is 0 Å². The molecule has 5 nitrogen and oxygen atoms in total. The van der Waals surface area contributed by atoms with Crippen LogP contribution in [-0.2, 0) is 9.53 Å². The van der Waals surface area contributed by atoms with E-state index in [1.54, 1.807) is 0 Å². The molecular weight excluding hydrogens is 194 g/mol. The molecule has 1 amide bonds. The Morgan fingerprint density at radius 2 is 2.20 bits per heavy atom. The van der Waals surface area contributed by atoms with Crippen LogP contribution in [0.4, 0.5) is 0 Å². The van der Waals surface area contributed by atoms with Gasteiger partial charge in [-0.2, -0.15) is 0 Å². The van der Waals surface area contributed by atoms with Gasteiger partial charge in [-0.25, -0.2) is 0 Å². The van der Waals surface area contributed by atoms with Crippen molar-refractivity contribution in [2.45, 2.75) is 13.3 Å². The summed E-state index contributed by atoms with van der Waals surface area (Å²) >= 11 is 0. The Hall–Kier alpha value is -0.650. The molecule has 0 spiro atoms. The van der Waals surface area contributed by atoms with E-state index in [1.807, 2.05) is 18.9 Å². The lowest BCUT2D eigenvalue weighted by molar-refractivity contribution is -0.122. The minimum Gasteiger partial charge on any atom is -0.379 e. The van der Waals surface area contributed by atoms with Gasteiger partial charge in [-0.15, -0.1) is 0 Å². The molecule has 0 saturated heterocycles. The van der Waals surface area contributed by atoms with Crippen molar-refractivity contribution in [3.8, 4) is 0 Å². The smallest absolute Gasteiger partial charge is 0.234 e. The Balaban J connectivity index is 3.38. The van der Waals surface area contributed by atoms with Gasteiger partial charge in [-0.05, 0) is 13.5 Å². The molecular formula is C10H23N3O2. The van der Waals surface area contributed by atoms with Gasteiger partial charge in [0.25, 0.3) is 0 Å². The summed E-state index contributed by atoms with van der Waals surface area (Å²) in [6, 6.07) is 0. The minimum absolute atomic E-state index is 0.0678. The summed E-state index contributed by atoms with van der Waals surface area (Å²) in [5.74, 6) is 0.0678. The minimum atomic E-state index is 0.0678. The first-order valence-corrected chi connectivity index (χ1v) is 5.43. The molecule has 0 aromatic carbocycles. The van der Waals surface area contributed by atoms with E-state index in [4.69, 9.17) is 10.5 Å². The molecule has 5 heteroatoms. The second-order valence-electron chi connectivity index (χ2n) is 3.49. The molecule has 0 atom stereocenters. The molecule has 0 fully saturated rings. The molecule has 0 heterocycles. The molecule has 0 aliphatic rings. The Bertz CT molecular complexity index is 165. The third kappa shape index (κ3) is 9.65. The number of amides is 1. The molecule has 0 unspecified atom stereocenters. The quantitative estimate of drug-likeness (QED) is 0.507. The number of carbonyl (C=O) groups excluding carboxylic acids is 1. The second-order valence-corrected chi connectivity index (χ2v) is 3.49. The first kappa shape index (κ1) is 14.3. The third-order valence-corrected chi connectivity index (χ3v) is 1.87. The van der Waals surface area contributed by atoms with Gasteiger partial charge in [0.1, 0.15) is 0 Å². The highest BCUT2D eigenvalue weighted by Crippen LogP contribution is 1.84. The average molecular weight is 217 g/mol. The summed E-state index contributed by atoms with van der Waals surface area (Å²) in [5, 5.41) is 2.82. The molecule has 0 aliphatic heterocycles. The Kier molecular flexibility index (Phi) is 9.46. The van der Waals surface area contributed by atoms with Crippen LogP contribution in [0.1, 0.15) is 13.3 Å². The Morgan fingerprint density at radius 3 is 2.80 bits per heavy atom. The van der Waals surface area contributed by atoms with Crippen LogP contribution in [0.3, 0.4) is 0 Å². The van der Waals surface area contributed by atoms with Crippen molar-refractivity contribution < 1.29 is 9.53 Å². The first-order chi connectivity index (χ1) is 7.20. The molecule has 0 radical (unpaired) electrons. The molecule has 0 aliphatic carbocycles. The Morgan fingerprint density at radius 1 is 1.47 bits per heavy atom. The van der Waals surface area contributed by atoms with Crippen LogP contribution >= 0.6 is 0 Å². The van der Waals surface area contributed by atoms with Crippen LogP contribution in [-0.4, -0.2) is 57.2 Å². The number of hydrogen-bond donors (Lipinski definition) is 2. The third-order valence-electron chi connectivity index (χ3n) is 1.87. The summed E-state index contributed by atoms with van der Waals surface area (Å²) in [6.45, 7) is 5.69. The van der Waals surface area contributed by atoms with Crippen LogP contribution < -0.4 is 11.1 Å². The summed E-state index contributed by atoms with van der Waals surface area (Å²) in [7, 11) is 1.90. The monoisotopic (exact) mass is 217 g/mol. The van der Waals surface area contributed by atoms with Gasteiger partial charge in [-0.1, -0.05) is 6.92 Å². The average Bonchev–Trinajstić information content (AvgIpc) is 2.21. The van der Waals surface area contributed by atoms with E-state index in [0.717, 1.165) is 19.5 Å². The van der Waals surface area contributed by atoms with E-state index in [9.17, 15) is 4.79 Å². The number of ether oxygens (including phenoxy) is 1. The molecule has 0 bridgehead atoms. The number of likely N-dealkylation sites (N-methyl/N-ethyl adjacent to an activating group) is 1. The molecule has 3 N–H and O–H groups in total. The zero-order valence-electron chi connectivity index (χ0n) is 9.79. The van der Waals surface area contributed by atoms with Gasteiger partial charge >= 0.3 is 0 Å². The van der Waals surface area contributed by atoms with Crippen LogP contribution in [0, 0.1) is 0 Å². The predicted molar refractivity (Wildman–Crippen MR) is 60.7 cm³/mol. The van der Waals surface area contributed by atoms with Crippen molar-refractivity contribution in [1.29, 1.82) is 0 Å². The maximum Gasteiger partial charge on any atom is 0.234 e. The number of rotatable bonds is 9. The highest BCUT2D eigenvalue weighted by atomic mass is 16.5. The van der Waals surface area contributed by atoms with E-state index in [-0.39, 0.29) is 5.91 Å². The number of hydrogen-bond acceptors (Lipinski definition) is 4. The van der Waals surface area contributed by atoms with Gasteiger partial charge in [0, 0.05) is 19.6 Å². The molecule has 0 rings (SSSR count). The lowest BCUT2D eigenvalue weighted by Gasteiger charge is -2.15. The number of nitrogens with two attached hydrogens (primary N) is 1. The molecule has 0 aromatic heterocycles. The fraction of sp³-hybridized carbons (Fsp3) is 0.900. The van der Waals surface area contributed by atoms with Gasteiger partial charge in [0.2, 0.25) is 5.91 Å². The lowest BCUT2D eigenvalue weighted by atomic mass is 10.4. The van der Waals surface area contributed by atoms with Crippen LogP contribution in [0.5, 0.6) is 0 Å². The van der Waals surface area contributed by atoms with Crippen molar-refractivity contribution in [3.05, 3.63) is 0 Å². The number of carbonyl (C=O) groups is 1. The Labute approximate surface area is 91.9 Å². The van der Waals surface area contributed by atoms with E-state index in [0.29, 0.717) is 26.3 Å². The van der Waals surface area contributed by atoms with E-state index in [2.05, 4.69) is 5.32 Å². The van der Waals surface area contributed by atoms with Crippen molar-refractivity contribution in [2.75, 3.05) is 46.4 Å². The lowest BCUT2D eigenvalue weighted by Crippen LogP contribution is -2.37. The topological polar surface area (TPSA) is 67.6 Å². The van der Waals surface area contributed by atoms with Crippen molar-refractivity contribution in [3.63, 3.8) is 0 Å². The standard InChI is InChI=1S/C10H23N3O2/c1-3-5-12-10(14)9-13(2)6-8-15-7-4-11/h3-9,11H2,1-2H3,(H,12,14).